The minimum Gasteiger partial charge on any atom is -0.340 e. The summed E-state index contributed by atoms with van der Waals surface area (Å²) < 4.78 is 13.5. The fourth-order valence-corrected chi connectivity index (χ4v) is 1.56. The Balaban J connectivity index is 2.86. The summed E-state index contributed by atoms with van der Waals surface area (Å²) in [5.74, 6) is -1.40. The molecule has 0 aliphatic heterocycles. The van der Waals surface area contributed by atoms with Gasteiger partial charge in [-0.15, -0.1) is 0 Å². The molecule has 0 saturated carbocycles. The van der Waals surface area contributed by atoms with E-state index in [0.29, 0.717) is 0 Å². The highest BCUT2D eigenvalue weighted by Gasteiger charge is 2.17. The Bertz CT molecular complexity index is 470. The first kappa shape index (κ1) is 13.5. The second-order valence-corrected chi connectivity index (χ2v) is 4.28. The summed E-state index contributed by atoms with van der Waals surface area (Å²) in [6.45, 7) is 1.96. The number of hydrogen-bond donors (Lipinski definition) is 0. The van der Waals surface area contributed by atoms with Crippen LogP contribution in [0.5, 0.6) is 0 Å². The van der Waals surface area contributed by atoms with Gasteiger partial charge < -0.3 is 4.90 Å². The van der Waals surface area contributed by atoms with Gasteiger partial charge in [0, 0.05) is 18.6 Å². The molecule has 17 heavy (non-hydrogen) atoms. The van der Waals surface area contributed by atoms with Crippen molar-refractivity contribution in [3.63, 3.8) is 0 Å². The van der Waals surface area contributed by atoms with Crippen LogP contribution in [0.3, 0.4) is 0 Å². The fraction of sp³-hybridized carbons (Fsp3) is 0.333. The average molecular weight is 255 g/mol. The summed E-state index contributed by atoms with van der Waals surface area (Å²) in [6, 6.07) is 5.91. The number of amides is 1. The van der Waals surface area contributed by atoms with E-state index in [2.05, 4.69) is 0 Å². The number of rotatable bonds is 3. The molecule has 1 amide bonds. The predicted molar refractivity (Wildman–Crippen MR) is 63.1 cm³/mol. The SMILES string of the molecule is CC(C#N)CN(C)C(=O)c1ccc(Cl)cc1F. The normalized spacial score (nSPS) is 11.7. The molecule has 1 aromatic carbocycles. The number of halogens is 2. The Labute approximate surface area is 104 Å². The fourth-order valence-electron chi connectivity index (χ4n) is 1.40. The molecule has 1 aromatic rings. The zero-order valence-electron chi connectivity index (χ0n) is 9.58. The maximum Gasteiger partial charge on any atom is 0.256 e. The topological polar surface area (TPSA) is 44.1 Å². The molecule has 1 atom stereocenters. The van der Waals surface area contributed by atoms with Crippen LogP contribution in [0.1, 0.15) is 17.3 Å². The van der Waals surface area contributed by atoms with E-state index in [0.717, 1.165) is 6.07 Å². The number of hydrogen-bond acceptors (Lipinski definition) is 2. The summed E-state index contributed by atoms with van der Waals surface area (Å²) in [4.78, 5) is 13.2. The molecule has 5 heteroatoms. The van der Waals surface area contributed by atoms with Gasteiger partial charge in [0.05, 0.1) is 17.6 Å². The molecule has 3 nitrogen and oxygen atoms in total. The highest BCUT2D eigenvalue weighted by atomic mass is 35.5. The third-order valence-corrected chi connectivity index (χ3v) is 2.51. The van der Waals surface area contributed by atoms with Crippen molar-refractivity contribution in [2.75, 3.05) is 13.6 Å². The molecule has 1 unspecified atom stereocenters. The number of nitrogens with zero attached hydrogens (tertiary/aromatic N) is 2. The summed E-state index contributed by atoms with van der Waals surface area (Å²) in [7, 11) is 1.53. The molecule has 0 aliphatic carbocycles. The van der Waals surface area contributed by atoms with E-state index >= 15 is 0 Å². The van der Waals surface area contributed by atoms with E-state index in [-0.39, 0.29) is 23.0 Å². The first-order chi connectivity index (χ1) is 7.95. The molecule has 0 fully saturated rings. The third kappa shape index (κ3) is 3.43. The van der Waals surface area contributed by atoms with Crippen LogP contribution in [-0.4, -0.2) is 24.4 Å². The summed E-state index contributed by atoms with van der Waals surface area (Å²) in [6.07, 6.45) is 0. The Hall–Kier alpha value is -1.60. The summed E-state index contributed by atoms with van der Waals surface area (Å²) in [5.41, 5.74) is -0.0398. The third-order valence-electron chi connectivity index (χ3n) is 2.28. The van der Waals surface area contributed by atoms with Gasteiger partial charge in [-0.2, -0.15) is 5.26 Å². The van der Waals surface area contributed by atoms with E-state index in [4.69, 9.17) is 16.9 Å². The van der Waals surface area contributed by atoms with Crippen LogP contribution in [-0.2, 0) is 0 Å². The smallest absolute Gasteiger partial charge is 0.256 e. The quantitative estimate of drug-likeness (QED) is 0.832. The lowest BCUT2D eigenvalue weighted by Gasteiger charge is -2.18. The Kier molecular flexibility index (Phi) is 4.47. The maximum atomic E-state index is 13.5. The molecule has 0 N–H and O–H groups in total. The molecule has 0 saturated heterocycles. The van der Waals surface area contributed by atoms with Crippen molar-refractivity contribution in [2.45, 2.75) is 6.92 Å². The van der Waals surface area contributed by atoms with Crippen molar-refractivity contribution in [1.82, 2.24) is 4.90 Å². The van der Waals surface area contributed by atoms with Crippen molar-refractivity contribution in [3.05, 3.63) is 34.6 Å². The number of carbonyl (C=O) groups is 1. The van der Waals surface area contributed by atoms with Gasteiger partial charge in [0.2, 0.25) is 0 Å². The first-order valence-corrected chi connectivity index (χ1v) is 5.43. The lowest BCUT2D eigenvalue weighted by Crippen LogP contribution is -2.31. The molecule has 0 aromatic heterocycles. The van der Waals surface area contributed by atoms with E-state index in [1.807, 2.05) is 6.07 Å². The van der Waals surface area contributed by atoms with Crippen molar-refractivity contribution < 1.29 is 9.18 Å². The molecular weight excluding hydrogens is 243 g/mol. The minimum atomic E-state index is -0.654. The van der Waals surface area contributed by atoms with E-state index in [1.165, 1.54) is 24.1 Å². The zero-order valence-corrected chi connectivity index (χ0v) is 10.3. The summed E-state index contributed by atoms with van der Waals surface area (Å²) >= 11 is 5.60. The van der Waals surface area contributed by atoms with Crippen LogP contribution >= 0.6 is 11.6 Å². The van der Waals surface area contributed by atoms with Gasteiger partial charge in [-0.05, 0) is 25.1 Å². The molecule has 1 rings (SSSR count). The second-order valence-electron chi connectivity index (χ2n) is 3.84. The Morgan fingerprint density at radius 2 is 2.29 bits per heavy atom. The van der Waals surface area contributed by atoms with E-state index in [9.17, 15) is 9.18 Å². The standard InChI is InChI=1S/C12H12ClFN2O/c1-8(6-15)7-16(2)12(17)10-4-3-9(13)5-11(10)14/h3-5,8H,7H2,1-2H3. The lowest BCUT2D eigenvalue weighted by molar-refractivity contribution is 0.0780. The van der Waals surface area contributed by atoms with Gasteiger partial charge >= 0.3 is 0 Å². The molecule has 0 aliphatic rings. The van der Waals surface area contributed by atoms with Crippen LogP contribution in [0.2, 0.25) is 5.02 Å². The molecule has 90 valence electrons. The Morgan fingerprint density at radius 3 is 2.82 bits per heavy atom. The first-order valence-electron chi connectivity index (χ1n) is 5.06. The number of carbonyl (C=O) groups excluding carboxylic acids is 1. The molecular formula is C12H12ClFN2O. The highest BCUT2D eigenvalue weighted by Crippen LogP contribution is 2.16. The monoisotopic (exact) mass is 254 g/mol. The number of benzene rings is 1. The zero-order chi connectivity index (χ0) is 13.0. The highest BCUT2D eigenvalue weighted by molar-refractivity contribution is 6.30. The van der Waals surface area contributed by atoms with Gasteiger partial charge in [-0.3, -0.25) is 4.79 Å². The molecule has 0 heterocycles. The van der Waals surface area contributed by atoms with Crippen LogP contribution < -0.4 is 0 Å². The van der Waals surface area contributed by atoms with Crippen molar-refractivity contribution in [1.29, 1.82) is 5.26 Å². The van der Waals surface area contributed by atoms with Crippen molar-refractivity contribution >= 4 is 17.5 Å². The van der Waals surface area contributed by atoms with Gasteiger partial charge in [-0.1, -0.05) is 11.6 Å². The summed E-state index contributed by atoms with van der Waals surface area (Å²) in [5, 5.41) is 8.89. The van der Waals surface area contributed by atoms with Crippen LogP contribution in [0.15, 0.2) is 18.2 Å². The van der Waals surface area contributed by atoms with Gasteiger partial charge in [0.25, 0.3) is 5.91 Å². The average Bonchev–Trinajstić information content (AvgIpc) is 2.28. The minimum absolute atomic E-state index is 0.0398. The van der Waals surface area contributed by atoms with E-state index in [1.54, 1.807) is 6.92 Å². The Morgan fingerprint density at radius 1 is 1.65 bits per heavy atom. The number of nitriles is 1. The van der Waals surface area contributed by atoms with Crippen LogP contribution in [0.4, 0.5) is 4.39 Å². The molecule has 0 spiro atoms. The van der Waals surface area contributed by atoms with Crippen molar-refractivity contribution in [2.24, 2.45) is 5.92 Å². The predicted octanol–water partition coefficient (Wildman–Crippen LogP) is 2.71. The molecule has 0 bridgehead atoms. The van der Waals surface area contributed by atoms with Gasteiger partial charge in [0.15, 0.2) is 0 Å². The van der Waals surface area contributed by atoms with Crippen LogP contribution in [0, 0.1) is 23.1 Å². The largest absolute Gasteiger partial charge is 0.340 e. The van der Waals surface area contributed by atoms with Crippen molar-refractivity contribution in [3.8, 4) is 6.07 Å². The second kappa shape index (κ2) is 5.65. The van der Waals surface area contributed by atoms with Crippen LogP contribution in [0.25, 0.3) is 0 Å². The van der Waals surface area contributed by atoms with Gasteiger partial charge in [-0.25, -0.2) is 4.39 Å². The van der Waals surface area contributed by atoms with Gasteiger partial charge in [0.1, 0.15) is 5.82 Å². The molecule has 0 radical (unpaired) electrons. The lowest BCUT2D eigenvalue weighted by atomic mass is 10.1. The van der Waals surface area contributed by atoms with E-state index < -0.39 is 11.7 Å². The maximum absolute atomic E-state index is 13.5.